The number of fused-ring (bicyclic) bond motifs is 1. The predicted molar refractivity (Wildman–Crippen MR) is 88.5 cm³/mol. The third-order valence-electron chi connectivity index (χ3n) is 4.72. The van der Waals surface area contributed by atoms with Gasteiger partial charge in [-0.3, -0.25) is 4.90 Å². The summed E-state index contributed by atoms with van der Waals surface area (Å²) in [5, 5.41) is 0. The summed E-state index contributed by atoms with van der Waals surface area (Å²) in [4.78, 5) is 2.43. The fourth-order valence-corrected chi connectivity index (χ4v) is 3.74. The van der Waals surface area contributed by atoms with Crippen molar-refractivity contribution in [3.8, 4) is 5.75 Å². The molecule has 22 heavy (non-hydrogen) atoms. The second-order valence-corrected chi connectivity index (χ2v) is 6.52. The van der Waals surface area contributed by atoms with E-state index >= 15 is 4.39 Å². The van der Waals surface area contributed by atoms with Crippen LogP contribution in [0, 0.1) is 5.92 Å². The van der Waals surface area contributed by atoms with Gasteiger partial charge in [-0.2, -0.15) is 0 Å². The molecule has 3 heteroatoms. The van der Waals surface area contributed by atoms with E-state index in [9.17, 15) is 0 Å². The molecule has 118 valence electrons. The smallest absolute Gasteiger partial charge is 0.131 e. The van der Waals surface area contributed by atoms with Crippen molar-refractivity contribution in [2.24, 2.45) is 5.92 Å². The standard InChI is InChI=1S/C19H24FNO/c1-13(2)10-16-17(12-21-9-5-8-18(16)21)19(20)14-6-4-7-15(11-14)22-3/h4,6-7,10-11,16,18H,5,8-9,12H2,1-3H3/b19-17+/t16-,18+/m0/s1. The van der Waals surface area contributed by atoms with E-state index in [1.54, 1.807) is 13.2 Å². The summed E-state index contributed by atoms with van der Waals surface area (Å²) in [7, 11) is 1.61. The molecule has 0 saturated carbocycles. The lowest BCUT2D eigenvalue weighted by Gasteiger charge is -2.18. The highest BCUT2D eigenvalue weighted by Crippen LogP contribution is 2.41. The van der Waals surface area contributed by atoms with Crippen LogP contribution >= 0.6 is 0 Å². The first kappa shape index (κ1) is 15.3. The quantitative estimate of drug-likeness (QED) is 0.765. The molecule has 2 aliphatic heterocycles. The molecule has 0 amide bonds. The molecule has 2 aliphatic rings. The lowest BCUT2D eigenvalue weighted by Crippen LogP contribution is -2.25. The van der Waals surface area contributed by atoms with Gasteiger partial charge in [0, 0.05) is 24.1 Å². The van der Waals surface area contributed by atoms with Gasteiger partial charge in [-0.25, -0.2) is 4.39 Å². The maximum atomic E-state index is 15.1. The Labute approximate surface area is 132 Å². The molecule has 0 spiro atoms. The normalized spacial score (nSPS) is 26.7. The first-order valence-electron chi connectivity index (χ1n) is 8.02. The molecule has 3 rings (SSSR count). The molecule has 0 N–H and O–H groups in total. The predicted octanol–water partition coefficient (Wildman–Crippen LogP) is 4.44. The van der Waals surface area contributed by atoms with Gasteiger partial charge in [-0.15, -0.1) is 0 Å². The number of ether oxygens (including phenoxy) is 1. The number of hydrogen-bond acceptors (Lipinski definition) is 2. The summed E-state index contributed by atoms with van der Waals surface area (Å²) in [5.74, 6) is 0.833. The van der Waals surface area contributed by atoms with E-state index in [1.165, 1.54) is 18.4 Å². The highest BCUT2D eigenvalue weighted by Gasteiger charge is 2.41. The van der Waals surface area contributed by atoms with Crippen molar-refractivity contribution in [3.63, 3.8) is 0 Å². The van der Waals surface area contributed by atoms with Gasteiger partial charge in [-0.1, -0.05) is 23.8 Å². The van der Waals surface area contributed by atoms with Gasteiger partial charge >= 0.3 is 0 Å². The zero-order valence-corrected chi connectivity index (χ0v) is 13.6. The van der Waals surface area contributed by atoms with Crippen molar-refractivity contribution in [2.75, 3.05) is 20.2 Å². The van der Waals surface area contributed by atoms with Crippen LogP contribution in [-0.2, 0) is 0 Å². The maximum absolute atomic E-state index is 15.1. The third kappa shape index (κ3) is 2.82. The average Bonchev–Trinajstić information content (AvgIpc) is 3.09. The molecular formula is C19H24FNO. The Hall–Kier alpha value is -1.61. The molecule has 2 saturated heterocycles. The molecule has 1 aromatic carbocycles. The van der Waals surface area contributed by atoms with E-state index in [4.69, 9.17) is 4.74 Å². The van der Waals surface area contributed by atoms with Gasteiger partial charge in [0.1, 0.15) is 11.6 Å². The minimum atomic E-state index is -0.0733. The zero-order chi connectivity index (χ0) is 15.7. The molecule has 2 nitrogen and oxygen atoms in total. The number of methoxy groups -OCH3 is 1. The van der Waals surface area contributed by atoms with Crippen LogP contribution in [0.5, 0.6) is 5.75 Å². The lowest BCUT2D eigenvalue weighted by molar-refractivity contribution is 0.307. The molecule has 0 radical (unpaired) electrons. The second kappa shape index (κ2) is 6.25. The van der Waals surface area contributed by atoms with E-state index in [1.807, 2.05) is 18.2 Å². The van der Waals surface area contributed by atoms with Gasteiger partial charge in [0.25, 0.3) is 0 Å². The monoisotopic (exact) mass is 301 g/mol. The molecule has 0 bridgehead atoms. The molecule has 2 fully saturated rings. The topological polar surface area (TPSA) is 12.5 Å². The number of hydrogen-bond donors (Lipinski definition) is 0. The average molecular weight is 301 g/mol. The fourth-order valence-electron chi connectivity index (χ4n) is 3.74. The van der Waals surface area contributed by atoms with Gasteiger partial charge < -0.3 is 4.74 Å². The number of benzene rings is 1. The molecule has 2 heterocycles. The van der Waals surface area contributed by atoms with Crippen LogP contribution in [0.15, 0.2) is 41.5 Å². The Balaban J connectivity index is 2.01. The number of nitrogens with zero attached hydrogens (tertiary/aromatic N) is 1. The van der Waals surface area contributed by atoms with Crippen LogP contribution < -0.4 is 4.74 Å². The zero-order valence-electron chi connectivity index (χ0n) is 13.6. The minimum absolute atomic E-state index is 0.0733. The van der Waals surface area contributed by atoms with Crippen molar-refractivity contribution < 1.29 is 9.13 Å². The Bertz CT molecular complexity index is 616. The Morgan fingerprint density at radius 3 is 2.91 bits per heavy atom. The molecule has 1 aromatic rings. The first-order chi connectivity index (χ1) is 10.6. The lowest BCUT2D eigenvalue weighted by atomic mass is 9.90. The number of allylic oxidation sites excluding steroid dienone is 1. The van der Waals surface area contributed by atoms with Crippen LogP contribution in [0.1, 0.15) is 32.3 Å². The van der Waals surface area contributed by atoms with Crippen molar-refractivity contribution in [1.29, 1.82) is 0 Å². The molecule has 0 aliphatic carbocycles. The van der Waals surface area contributed by atoms with E-state index in [2.05, 4.69) is 24.8 Å². The SMILES string of the molecule is COc1cccc(/C(F)=C2/CN3CCC[C@@H]3[C@H]2C=C(C)C)c1. The van der Waals surface area contributed by atoms with Gasteiger partial charge in [0.2, 0.25) is 0 Å². The van der Waals surface area contributed by atoms with E-state index in [-0.39, 0.29) is 11.7 Å². The Kier molecular flexibility index (Phi) is 4.34. The van der Waals surface area contributed by atoms with Gasteiger partial charge in [0.05, 0.1) is 7.11 Å². The molecule has 2 atom stereocenters. The first-order valence-corrected chi connectivity index (χ1v) is 8.02. The van der Waals surface area contributed by atoms with Crippen molar-refractivity contribution >= 4 is 5.83 Å². The van der Waals surface area contributed by atoms with Gasteiger partial charge in [0.15, 0.2) is 0 Å². The van der Waals surface area contributed by atoms with Crippen LogP contribution in [0.25, 0.3) is 5.83 Å². The summed E-state index contributed by atoms with van der Waals surface area (Å²) < 4.78 is 20.4. The summed E-state index contributed by atoms with van der Waals surface area (Å²) in [5.41, 5.74) is 2.82. The van der Waals surface area contributed by atoms with Crippen LogP contribution in [0.3, 0.4) is 0 Å². The molecule has 0 aromatic heterocycles. The van der Waals surface area contributed by atoms with Crippen molar-refractivity contribution in [2.45, 2.75) is 32.7 Å². The van der Waals surface area contributed by atoms with Crippen LogP contribution in [0.2, 0.25) is 0 Å². The number of rotatable bonds is 3. The fraction of sp³-hybridized carbons (Fsp3) is 0.474. The van der Waals surface area contributed by atoms with E-state index in [0.29, 0.717) is 17.4 Å². The summed E-state index contributed by atoms with van der Waals surface area (Å²) in [6.45, 7) is 6.03. The Morgan fingerprint density at radius 2 is 2.18 bits per heavy atom. The Morgan fingerprint density at radius 1 is 1.36 bits per heavy atom. The highest BCUT2D eigenvalue weighted by atomic mass is 19.1. The largest absolute Gasteiger partial charge is 0.497 e. The number of halogens is 1. The van der Waals surface area contributed by atoms with E-state index in [0.717, 1.165) is 18.7 Å². The minimum Gasteiger partial charge on any atom is -0.497 e. The summed E-state index contributed by atoms with van der Waals surface area (Å²) in [6.07, 6.45) is 4.64. The molecule has 0 unspecified atom stereocenters. The highest BCUT2D eigenvalue weighted by molar-refractivity contribution is 5.66. The van der Waals surface area contributed by atoms with Crippen LogP contribution in [-0.4, -0.2) is 31.1 Å². The maximum Gasteiger partial charge on any atom is 0.131 e. The van der Waals surface area contributed by atoms with Gasteiger partial charge in [-0.05, 0) is 50.9 Å². The van der Waals surface area contributed by atoms with Crippen molar-refractivity contribution in [3.05, 3.63) is 47.1 Å². The van der Waals surface area contributed by atoms with Crippen LogP contribution in [0.4, 0.5) is 4.39 Å². The third-order valence-corrected chi connectivity index (χ3v) is 4.72. The van der Waals surface area contributed by atoms with E-state index < -0.39 is 0 Å². The van der Waals surface area contributed by atoms with Crippen molar-refractivity contribution in [1.82, 2.24) is 4.90 Å². The summed E-state index contributed by atoms with van der Waals surface area (Å²) in [6, 6.07) is 7.78. The second-order valence-electron chi connectivity index (χ2n) is 6.52. The summed E-state index contributed by atoms with van der Waals surface area (Å²) >= 11 is 0. The molecular weight excluding hydrogens is 277 g/mol.